The summed E-state index contributed by atoms with van der Waals surface area (Å²) in [6.45, 7) is 0. The van der Waals surface area contributed by atoms with Gasteiger partial charge in [-0.15, -0.1) is 0 Å². The van der Waals surface area contributed by atoms with Gasteiger partial charge in [0.2, 0.25) is 0 Å². The molecule has 0 aliphatic rings. The Labute approximate surface area is 159 Å². The molecule has 28 heavy (non-hydrogen) atoms. The Morgan fingerprint density at radius 2 is 1.39 bits per heavy atom. The van der Waals surface area contributed by atoms with Crippen LogP contribution >= 0.6 is 0 Å². The Balaban J connectivity index is 1.80. The molecule has 0 aliphatic heterocycles. The van der Waals surface area contributed by atoms with Crippen LogP contribution in [0.1, 0.15) is 0 Å². The van der Waals surface area contributed by atoms with Gasteiger partial charge in [-0.25, -0.2) is 4.98 Å². The van der Waals surface area contributed by atoms with Gasteiger partial charge in [-0.3, -0.25) is 9.97 Å². The predicted molar refractivity (Wildman–Crippen MR) is 111 cm³/mol. The summed E-state index contributed by atoms with van der Waals surface area (Å²) in [5.41, 5.74) is 4.08. The number of rotatable bonds is 1. The minimum atomic E-state index is 0.197. The van der Waals surface area contributed by atoms with Gasteiger partial charge in [0, 0.05) is 23.2 Å². The van der Waals surface area contributed by atoms with Crippen molar-refractivity contribution < 1.29 is 5.11 Å². The van der Waals surface area contributed by atoms with Crippen molar-refractivity contribution in [1.82, 2.24) is 19.9 Å². The van der Waals surface area contributed by atoms with Crippen molar-refractivity contribution >= 4 is 43.6 Å². The number of phenols is 1. The van der Waals surface area contributed by atoms with E-state index in [1.807, 2.05) is 54.6 Å². The zero-order valence-corrected chi connectivity index (χ0v) is 14.7. The molecule has 3 heterocycles. The highest BCUT2D eigenvalue weighted by atomic mass is 16.3. The van der Waals surface area contributed by atoms with Gasteiger partial charge in [-0.1, -0.05) is 30.3 Å². The number of benzene rings is 3. The number of phenolic OH excluding ortho intramolecular Hbond substituents is 1. The summed E-state index contributed by atoms with van der Waals surface area (Å²) in [5.74, 6) is 0.827. The highest BCUT2D eigenvalue weighted by molar-refractivity contribution is 6.21. The van der Waals surface area contributed by atoms with Crippen molar-refractivity contribution in [3.63, 3.8) is 0 Å². The van der Waals surface area contributed by atoms with Crippen LogP contribution in [0.15, 0.2) is 73.1 Å². The lowest BCUT2D eigenvalue weighted by atomic mass is 10.0. The number of nitrogens with zero attached hydrogens (tertiary/aromatic N) is 3. The number of nitrogens with one attached hydrogen (secondary N) is 1. The molecule has 0 amide bonds. The Morgan fingerprint density at radius 3 is 2.25 bits per heavy atom. The van der Waals surface area contributed by atoms with E-state index in [0.29, 0.717) is 11.4 Å². The third-order valence-corrected chi connectivity index (χ3v) is 5.21. The lowest BCUT2D eigenvalue weighted by molar-refractivity contribution is 0.477. The first-order chi connectivity index (χ1) is 13.8. The van der Waals surface area contributed by atoms with Crippen molar-refractivity contribution in [2.24, 2.45) is 0 Å². The molecule has 0 spiro atoms. The van der Waals surface area contributed by atoms with E-state index >= 15 is 0 Å². The smallest absolute Gasteiger partial charge is 0.142 e. The van der Waals surface area contributed by atoms with Crippen LogP contribution in [-0.2, 0) is 0 Å². The maximum atomic E-state index is 10.6. The zero-order valence-electron chi connectivity index (χ0n) is 14.7. The highest BCUT2D eigenvalue weighted by Crippen LogP contribution is 2.38. The molecule has 0 atom stereocenters. The van der Waals surface area contributed by atoms with E-state index in [-0.39, 0.29) is 5.75 Å². The molecule has 0 saturated carbocycles. The standard InChI is InChI=1S/C23H14N4O/c28-17-10-9-13-5-1-2-6-14(13)18(17)23-26-21-15-7-3-11-24-19(15)20-16(22(21)27-23)8-4-12-25-20/h1-12,28H,(H,26,27). The van der Waals surface area contributed by atoms with Crippen molar-refractivity contribution in [1.29, 1.82) is 0 Å². The topological polar surface area (TPSA) is 74.7 Å². The molecule has 0 unspecified atom stereocenters. The molecule has 0 saturated heterocycles. The molecule has 6 aromatic rings. The van der Waals surface area contributed by atoms with Crippen LogP contribution < -0.4 is 0 Å². The Bertz CT molecular complexity index is 1460. The number of pyridine rings is 2. The van der Waals surface area contributed by atoms with Crippen LogP contribution in [0.4, 0.5) is 0 Å². The van der Waals surface area contributed by atoms with Gasteiger partial charge in [0.05, 0.1) is 27.6 Å². The number of aromatic nitrogens is 4. The molecule has 132 valence electrons. The first kappa shape index (κ1) is 15.1. The van der Waals surface area contributed by atoms with E-state index in [2.05, 4.69) is 15.0 Å². The molecule has 3 aromatic carbocycles. The summed E-state index contributed by atoms with van der Waals surface area (Å²) in [5, 5.41) is 14.5. The quantitative estimate of drug-likeness (QED) is 0.395. The summed E-state index contributed by atoms with van der Waals surface area (Å²) in [7, 11) is 0. The minimum Gasteiger partial charge on any atom is -0.507 e. The van der Waals surface area contributed by atoms with Crippen LogP contribution in [0.3, 0.4) is 0 Å². The molecular formula is C23H14N4O. The van der Waals surface area contributed by atoms with E-state index in [4.69, 9.17) is 4.98 Å². The Morgan fingerprint density at radius 1 is 0.679 bits per heavy atom. The highest BCUT2D eigenvalue weighted by Gasteiger charge is 2.18. The number of H-pyrrole nitrogens is 1. The maximum Gasteiger partial charge on any atom is 0.142 e. The van der Waals surface area contributed by atoms with Gasteiger partial charge in [-0.05, 0) is 41.1 Å². The van der Waals surface area contributed by atoms with Crippen LogP contribution in [-0.4, -0.2) is 25.0 Å². The average molecular weight is 362 g/mol. The van der Waals surface area contributed by atoms with Gasteiger partial charge in [0.15, 0.2) is 0 Å². The SMILES string of the molecule is Oc1ccc2ccccc2c1-c1nc2c3cccnc3c3ncccc3c2[nH]1. The van der Waals surface area contributed by atoms with Gasteiger partial charge in [0.1, 0.15) is 11.6 Å². The van der Waals surface area contributed by atoms with Gasteiger partial charge in [-0.2, -0.15) is 0 Å². The summed E-state index contributed by atoms with van der Waals surface area (Å²) < 4.78 is 0. The second-order valence-corrected chi connectivity index (χ2v) is 6.79. The minimum absolute atomic E-state index is 0.197. The molecule has 2 N–H and O–H groups in total. The number of aromatic hydroxyl groups is 1. The summed E-state index contributed by atoms with van der Waals surface area (Å²) >= 11 is 0. The molecule has 0 bridgehead atoms. The number of hydrogen-bond acceptors (Lipinski definition) is 4. The van der Waals surface area contributed by atoms with E-state index in [0.717, 1.165) is 43.6 Å². The van der Waals surface area contributed by atoms with Gasteiger partial charge < -0.3 is 10.1 Å². The molecular weight excluding hydrogens is 348 g/mol. The van der Waals surface area contributed by atoms with E-state index in [9.17, 15) is 5.11 Å². The normalized spacial score (nSPS) is 11.7. The number of imidazole rings is 1. The first-order valence-corrected chi connectivity index (χ1v) is 9.03. The van der Waals surface area contributed by atoms with Crippen molar-refractivity contribution in [2.75, 3.05) is 0 Å². The van der Waals surface area contributed by atoms with Crippen LogP contribution in [0.2, 0.25) is 0 Å². The Hall–Kier alpha value is -3.99. The van der Waals surface area contributed by atoms with Crippen molar-refractivity contribution in [3.05, 3.63) is 73.1 Å². The molecule has 5 nitrogen and oxygen atoms in total. The first-order valence-electron chi connectivity index (χ1n) is 9.03. The van der Waals surface area contributed by atoms with Crippen molar-refractivity contribution in [2.45, 2.75) is 0 Å². The van der Waals surface area contributed by atoms with E-state index in [1.54, 1.807) is 18.5 Å². The number of aromatic amines is 1. The zero-order chi connectivity index (χ0) is 18.7. The summed E-state index contributed by atoms with van der Waals surface area (Å²) in [4.78, 5) is 17.4. The third kappa shape index (κ3) is 1.98. The van der Waals surface area contributed by atoms with Crippen LogP contribution in [0.5, 0.6) is 5.75 Å². The second kappa shape index (κ2) is 5.50. The van der Waals surface area contributed by atoms with E-state index in [1.165, 1.54) is 0 Å². The van der Waals surface area contributed by atoms with Gasteiger partial charge >= 0.3 is 0 Å². The molecule has 0 fully saturated rings. The summed E-state index contributed by atoms with van der Waals surface area (Å²) in [6.07, 6.45) is 3.54. The van der Waals surface area contributed by atoms with Crippen LogP contribution in [0.25, 0.3) is 55.0 Å². The fourth-order valence-corrected chi connectivity index (χ4v) is 3.97. The molecule has 0 radical (unpaired) electrons. The largest absolute Gasteiger partial charge is 0.507 e. The van der Waals surface area contributed by atoms with Crippen LogP contribution in [0, 0.1) is 0 Å². The lowest BCUT2D eigenvalue weighted by Gasteiger charge is -2.06. The predicted octanol–water partition coefficient (Wildman–Crippen LogP) is 5.19. The summed E-state index contributed by atoms with van der Waals surface area (Å²) in [6, 6.07) is 19.4. The van der Waals surface area contributed by atoms with Gasteiger partial charge in [0.25, 0.3) is 0 Å². The Kier molecular flexibility index (Phi) is 2.97. The lowest BCUT2D eigenvalue weighted by Crippen LogP contribution is -1.86. The molecule has 3 aromatic heterocycles. The average Bonchev–Trinajstić information content (AvgIpc) is 3.19. The number of hydrogen-bond donors (Lipinski definition) is 2. The van der Waals surface area contributed by atoms with E-state index < -0.39 is 0 Å². The monoisotopic (exact) mass is 362 g/mol. The second-order valence-electron chi connectivity index (χ2n) is 6.79. The molecule has 0 aliphatic carbocycles. The fourth-order valence-electron chi connectivity index (χ4n) is 3.97. The number of fused-ring (bicyclic) bond motifs is 7. The molecule has 6 rings (SSSR count). The third-order valence-electron chi connectivity index (χ3n) is 5.21. The molecule has 5 heteroatoms. The fraction of sp³-hybridized carbons (Fsp3) is 0. The van der Waals surface area contributed by atoms with Crippen molar-refractivity contribution in [3.8, 4) is 17.1 Å². The maximum absolute atomic E-state index is 10.6.